The Morgan fingerprint density at radius 2 is 1.74 bits per heavy atom. The molecule has 0 aromatic heterocycles. The SMILES string of the molecule is NC(CCOc1ccc(/C(=N/O)C(=O)N[C@H]2CN([C@H](C(=O)O)c3ccccc3)C2=O)cc1)C(=O)O. The highest BCUT2D eigenvalue weighted by Crippen LogP contribution is 2.27. The molecular formula is C23H24N4O8. The number of carboxylic acid groups (broad SMARTS) is 2. The lowest BCUT2D eigenvalue weighted by Crippen LogP contribution is -2.66. The minimum atomic E-state index is -1.20. The highest BCUT2D eigenvalue weighted by molar-refractivity contribution is 6.45. The van der Waals surface area contributed by atoms with Crippen molar-refractivity contribution in [3.63, 3.8) is 0 Å². The molecule has 1 saturated heterocycles. The molecule has 0 bridgehead atoms. The van der Waals surface area contributed by atoms with Crippen molar-refractivity contribution < 1.29 is 39.3 Å². The van der Waals surface area contributed by atoms with Crippen LogP contribution >= 0.6 is 0 Å². The van der Waals surface area contributed by atoms with Gasteiger partial charge in [0, 0.05) is 12.0 Å². The number of β-lactam (4-membered cyclic amide) rings is 1. The summed E-state index contributed by atoms with van der Waals surface area (Å²) in [7, 11) is 0. The Balaban J connectivity index is 1.58. The van der Waals surface area contributed by atoms with Crippen molar-refractivity contribution in [1.29, 1.82) is 0 Å². The van der Waals surface area contributed by atoms with Crippen LogP contribution in [-0.4, -0.2) is 75.0 Å². The number of hydrogen-bond acceptors (Lipinski definition) is 8. The van der Waals surface area contributed by atoms with E-state index in [4.69, 9.17) is 15.6 Å². The van der Waals surface area contributed by atoms with Gasteiger partial charge in [0.15, 0.2) is 11.8 Å². The Bertz CT molecular complexity index is 1120. The number of carboxylic acids is 2. The summed E-state index contributed by atoms with van der Waals surface area (Å²) in [5, 5.41) is 33.2. The monoisotopic (exact) mass is 484 g/mol. The number of likely N-dealkylation sites (tertiary alicyclic amines) is 1. The molecule has 12 nitrogen and oxygen atoms in total. The van der Waals surface area contributed by atoms with Gasteiger partial charge in [0.2, 0.25) is 5.91 Å². The van der Waals surface area contributed by atoms with Crippen molar-refractivity contribution in [3.05, 3.63) is 65.7 Å². The summed E-state index contributed by atoms with van der Waals surface area (Å²) in [6.07, 6.45) is 0.0995. The number of ether oxygens (including phenoxy) is 1. The second-order valence-electron chi connectivity index (χ2n) is 7.72. The molecule has 1 fully saturated rings. The fourth-order valence-electron chi connectivity index (χ4n) is 3.48. The van der Waals surface area contributed by atoms with E-state index in [1.54, 1.807) is 30.3 Å². The maximum Gasteiger partial charge on any atom is 0.331 e. The second-order valence-corrected chi connectivity index (χ2v) is 7.72. The number of carbonyl (C=O) groups is 4. The van der Waals surface area contributed by atoms with Crippen molar-refractivity contribution in [2.45, 2.75) is 24.5 Å². The van der Waals surface area contributed by atoms with E-state index < -0.39 is 41.9 Å². The van der Waals surface area contributed by atoms with E-state index in [-0.39, 0.29) is 30.8 Å². The zero-order valence-corrected chi connectivity index (χ0v) is 18.4. The van der Waals surface area contributed by atoms with E-state index in [9.17, 15) is 29.5 Å². The van der Waals surface area contributed by atoms with Crippen molar-refractivity contribution in [3.8, 4) is 5.75 Å². The van der Waals surface area contributed by atoms with Gasteiger partial charge in [-0.15, -0.1) is 0 Å². The van der Waals surface area contributed by atoms with Gasteiger partial charge in [-0.25, -0.2) is 4.79 Å². The summed E-state index contributed by atoms with van der Waals surface area (Å²) in [5.41, 5.74) is 5.72. The van der Waals surface area contributed by atoms with Crippen LogP contribution in [-0.2, 0) is 19.2 Å². The molecule has 12 heteroatoms. The van der Waals surface area contributed by atoms with Crippen LogP contribution < -0.4 is 15.8 Å². The van der Waals surface area contributed by atoms with Gasteiger partial charge >= 0.3 is 11.9 Å². The molecule has 1 unspecified atom stereocenters. The maximum atomic E-state index is 12.6. The summed E-state index contributed by atoms with van der Waals surface area (Å²) in [4.78, 5) is 48.8. The Labute approximate surface area is 199 Å². The lowest BCUT2D eigenvalue weighted by Gasteiger charge is -2.42. The van der Waals surface area contributed by atoms with Crippen LogP contribution in [0.25, 0.3) is 0 Å². The van der Waals surface area contributed by atoms with E-state index in [2.05, 4.69) is 10.5 Å². The van der Waals surface area contributed by atoms with Crippen molar-refractivity contribution in [2.24, 2.45) is 10.9 Å². The van der Waals surface area contributed by atoms with Crippen LogP contribution in [0, 0.1) is 0 Å². The molecule has 2 aromatic rings. The first-order valence-corrected chi connectivity index (χ1v) is 10.6. The van der Waals surface area contributed by atoms with Crippen LogP contribution in [0.2, 0.25) is 0 Å². The number of nitrogens with two attached hydrogens (primary N) is 1. The predicted molar refractivity (Wildman–Crippen MR) is 121 cm³/mol. The quantitative estimate of drug-likeness (QED) is 0.128. The summed E-state index contributed by atoms with van der Waals surface area (Å²) >= 11 is 0. The normalized spacial score (nSPS) is 17.2. The van der Waals surface area contributed by atoms with Crippen molar-refractivity contribution >= 4 is 29.5 Å². The molecule has 2 amide bonds. The van der Waals surface area contributed by atoms with Crippen LogP contribution in [0.15, 0.2) is 59.8 Å². The van der Waals surface area contributed by atoms with Crippen molar-refractivity contribution in [1.82, 2.24) is 10.2 Å². The fraction of sp³-hybridized carbons (Fsp3) is 0.261. The average molecular weight is 484 g/mol. The van der Waals surface area contributed by atoms with Gasteiger partial charge in [0.1, 0.15) is 17.8 Å². The predicted octanol–water partition coefficient (Wildman–Crippen LogP) is 0.199. The second kappa shape index (κ2) is 11.1. The Kier molecular flexibility index (Phi) is 8.00. The first-order valence-electron chi connectivity index (χ1n) is 10.6. The number of rotatable bonds is 11. The first-order chi connectivity index (χ1) is 16.7. The molecule has 35 heavy (non-hydrogen) atoms. The summed E-state index contributed by atoms with van der Waals surface area (Å²) < 4.78 is 5.41. The zero-order chi connectivity index (χ0) is 25.5. The number of amides is 2. The number of aliphatic carboxylic acids is 2. The minimum absolute atomic E-state index is 0.0274. The number of carbonyl (C=O) groups excluding carboxylic acids is 2. The molecule has 3 atom stereocenters. The topological polar surface area (TPSA) is 192 Å². The lowest BCUT2D eigenvalue weighted by molar-refractivity contribution is -0.160. The molecule has 1 aliphatic heterocycles. The number of nitrogens with one attached hydrogen (secondary N) is 1. The van der Waals surface area contributed by atoms with Crippen LogP contribution in [0.3, 0.4) is 0 Å². The molecule has 2 aromatic carbocycles. The van der Waals surface area contributed by atoms with Crippen LogP contribution in [0.4, 0.5) is 0 Å². The molecule has 3 rings (SSSR count). The van der Waals surface area contributed by atoms with Gasteiger partial charge in [-0.3, -0.25) is 14.4 Å². The van der Waals surface area contributed by atoms with Gasteiger partial charge in [0.05, 0.1) is 13.2 Å². The molecule has 0 saturated carbocycles. The third-order valence-corrected chi connectivity index (χ3v) is 5.38. The van der Waals surface area contributed by atoms with E-state index in [0.29, 0.717) is 11.3 Å². The Hall–Kier alpha value is -4.45. The standard InChI is InChI=1S/C23H24N4O8/c24-16(22(30)31)10-11-35-15-8-6-13(7-9-15)18(26-34)20(28)25-17-12-27(21(17)29)19(23(32)33)14-4-2-1-3-5-14/h1-9,16-17,19,34H,10-12,24H2,(H,25,28)(H,30,31)(H,32,33)/b26-18-/t16?,17-,19-/m0/s1. The number of oxime groups is 1. The summed E-state index contributed by atoms with van der Waals surface area (Å²) in [5.74, 6) is -3.34. The molecule has 0 spiro atoms. The number of nitrogens with zero attached hydrogens (tertiary/aromatic N) is 2. The molecule has 6 N–H and O–H groups in total. The van der Waals surface area contributed by atoms with E-state index >= 15 is 0 Å². The molecule has 0 radical (unpaired) electrons. The smallest absolute Gasteiger partial charge is 0.331 e. The van der Waals surface area contributed by atoms with E-state index in [1.807, 2.05) is 0 Å². The average Bonchev–Trinajstić information content (AvgIpc) is 2.84. The highest BCUT2D eigenvalue weighted by atomic mass is 16.5. The van der Waals surface area contributed by atoms with Gasteiger partial charge < -0.3 is 36.1 Å². The largest absolute Gasteiger partial charge is 0.494 e. The van der Waals surface area contributed by atoms with E-state index in [1.165, 1.54) is 24.3 Å². The lowest BCUT2D eigenvalue weighted by atomic mass is 9.98. The molecule has 184 valence electrons. The van der Waals surface area contributed by atoms with Gasteiger partial charge in [-0.05, 0) is 29.8 Å². The third-order valence-electron chi connectivity index (χ3n) is 5.38. The zero-order valence-electron chi connectivity index (χ0n) is 18.4. The highest BCUT2D eigenvalue weighted by Gasteiger charge is 2.45. The molecular weight excluding hydrogens is 460 g/mol. The van der Waals surface area contributed by atoms with Crippen LogP contribution in [0.5, 0.6) is 5.75 Å². The van der Waals surface area contributed by atoms with Gasteiger partial charge in [-0.2, -0.15) is 0 Å². The van der Waals surface area contributed by atoms with Crippen LogP contribution in [0.1, 0.15) is 23.6 Å². The summed E-state index contributed by atoms with van der Waals surface area (Å²) in [6, 6.07) is 11.0. The molecule has 1 aliphatic rings. The van der Waals surface area contributed by atoms with Gasteiger partial charge in [-0.1, -0.05) is 35.5 Å². The van der Waals surface area contributed by atoms with Crippen molar-refractivity contribution in [2.75, 3.05) is 13.2 Å². The first kappa shape index (κ1) is 25.2. The Morgan fingerprint density at radius 1 is 1.09 bits per heavy atom. The summed E-state index contributed by atoms with van der Waals surface area (Å²) in [6.45, 7) is 0.0370. The third kappa shape index (κ3) is 5.92. The van der Waals surface area contributed by atoms with Gasteiger partial charge in [0.25, 0.3) is 5.91 Å². The fourth-order valence-corrected chi connectivity index (χ4v) is 3.48. The number of hydrogen-bond donors (Lipinski definition) is 5. The Morgan fingerprint density at radius 3 is 2.29 bits per heavy atom. The van der Waals surface area contributed by atoms with E-state index in [0.717, 1.165) is 4.90 Å². The number of benzene rings is 2. The minimum Gasteiger partial charge on any atom is -0.494 e. The molecule has 1 heterocycles. The maximum absolute atomic E-state index is 12.6. The molecule has 0 aliphatic carbocycles.